The van der Waals surface area contributed by atoms with Crippen LogP contribution in [-0.4, -0.2) is 41.9 Å². The minimum atomic E-state index is -2.12. The molecule has 0 spiro atoms. The SMILES string of the molecule is CCCCCC(C)c1ccccc1/C=C/[C@@H](O[Si](C)(C)C(C)(C)C)[C@H](CCCC(=O)OC)O[Si](C)(C)C(C)(C)C. The fourth-order valence-electron chi connectivity index (χ4n) is 4.32. The van der Waals surface area contributed by atoms with Gasteiger partial charge in [0.05, 0.1) is 19.3 Å². The molecule has 230 valence electrons. The molecule has 0 N–H and O–H groups in total. The van der Waals surface area contributed by atoms with Crippen molar-refractivity contribution in [1.82, 2.24) is 0 Å². The van der Waals surface area contributed by atoms with Crippen LogP contribution in [0.25, 0.3) is 6.08 Å². The third-order valence-electron chi connectivity index (χ3n) is 9.19. The molecule has 0 saturated carbocycles. The van der Waals surface area contributed by atoms with Crippen molar-refractivity contribution >= 4 is 28.7 Å². The Morgan fingerprint density at radius 2 is 1.45 bits per heavy atom. The van der Waals surface area contributed by atoms with Gasteiger partial charge >= 0.3 is 5.97 Å². The van der Waals surface area contributed by atoms with Crippen molar-refractivity contribution in [3.8, 4) is 0 Å². The van der Waals surface area contributed by atoms with Crippen LogP contribution in [0.2, 0.25) is 36.3 Å². The van der Waals surface area contributed by atoms with E-state index in [1.807, 2.05) is 0 Å². The maximum absolute atomic E-state index is 12.0. The van der Waals surface area contributed by atoms with Crippen LogP contribution in [-0.2, 0) is 18.4 Å². The molecule has 0 aromatic heterocycles. The minimum Gasteiger partial charge on any atom is -0.469 e. The summed E-state index contributed by atoms with van der Waals surface area (Å²) in [5.74, 6) is 0.334. The Hall–Kier alpha value is -1.22. The minimum absolute atomic E-state index is 0.0678. The Balaban J connectivity index is 3.51. The van der Waals surface area contributed by atoms with Crippen LogP contribution in [0.3, 0.4) is 0 Å². The number of ether oxygens (including phenoxy) is 1. The summed E-state index contributed by atoms with van der Waals surface area (Å²) in [5, 5.41) is 0.137. The van der Waals surface area contributed by atoms with Crippen molar-refractivity contribution in [2.24, 2.45) is 0 Å². The number of hydrogen-bond acceptors (Lipinski definition) is 4. The predicted molar refractivity (Wildman–Crippen MR) is 178 cm³/mol. The summed E-state index contributed by atoms with van der Waals surface area (Å²) in [6, 6.07) is 8.79. The molecule has 0 aliphatic carbocycles. The van der Waals surface area contributed by atoms with E-state index >= 15 is 0 Å². The van der Waals surface area contributed by atoms with Gasteiger partial charge in [0.2, 0.25) is 0 Å². The normalized spacial score (nSPS) is 15.7. The highest BCUT2D eigenvalue weighted by Gasteiger charge is 2.44. The van der Waals surface area contributed by atoms with Gasteiger partial charge in [0.1, 0.15) is 0 Å². The monoisotopic (exact) mass is 590 g/mol. The topological polar surface area (TPSA) is 44.8 Å². The molecule has 1 unspecified atom stereocenters. The van der Waals surface area contributed by atoms with E-state index in [0.717, 1.165) is 6.42 Å². The first-order valence-electron chi connectivity index (χ1n) is 15.6. The van der Waals surface area contributed by atoms with Crippen molar-refractivity contribution < 1.29 is 18.4 Å². The molecule has 1 aromatic rings. The molecular weight excluding hydrogens is 529 g/mol. The molecule has 40 heavy (non-hydrogen) atoms. The Bertz CT molecular complexity index is 925. The Labute approximate surface area is 249 Å². The first kappa shape index (κ1) is 36.8. The standard InChI is InChI=1S/C34H62O4Si2/c1-14-15-16-20-27(2)29-22-18-17-21-28(29)25-26-31(38-40(12,13)34(6,7)8)30(23-19-24-32(35)36-9)37-39(10,11)33(3,4)5/h17-18,21-22,25-27,30-31H,14-16,19-20,23-24H2,1-13H3/b26-25+/t27?,30-,31+/m0/s1. The van der Waals surface area contributed by atoms with Crippen LogP contribution in [0.4, 0.5) is 0 Å². The van der Waals surface area contributed by atoms with Gasteiger partial charge in [-0.1, -0.05) is 111 Å². The van der Waals surface area contributed by atoms with Crippen molar-refractivity contribution in [1.29, 1.82) is 0 Å². The molecule has 0 amide bonds. The van der Waals surface area contributed by atoms with Gasteiger partial charge in [-0.25, -0.2) is 0 Å². The maximum atomic E-state index is 12.0. The van der Waals surface area contributed by atoms with Crippen LogP contribution >= 0.6 is 0 Å². The quantitative estimate of drug-likeness (QED) is 0.109. The number of rotatable bonds is 16. The van der Waals surface area contributed by atoms with Crippen molar-refractivity contribution in [2.45, 2.75) is 155 Å². The maximum Gasteiger partial charge on any atom is 0.305 e. The van der Waals surface area contributed by atoms with Gasteiger partial charge in [0, 0.05) is 6.42 Å². The Morgan fingerprint density at radius 1 is 0.875 bits per heavy atom. The molecule has 0 heterocycles. The summed E-state index contributed by atoms with van der Waals surface area (Å²) in [4.78, 5) is 12.0. The van der Waals surface area contributed by atoms with Gasteiger partial charge in [0.15, 0.2) is 16.6 Å². The molecule has 1 aromatic carbocycles. The fraction of sp³-hybridized carbons (Fsp3) is 0.735. The van der Waals surface area contributed by atoms with E-state index in [9.17, 15) is 4.79 Å². The fourth-order valence-corrected chi connectivity index (χ4v) is 6.94. The second kappa shape index (κ2) is 15.9. The Morgan fingerprint density at radius 3 is 2.00 bits per heavy atom. The van der Waals surface area contributed by atoms with Crippen LogP contribution in [0.15, 0.2) is 30.3 Å². The number of carbonyl (C=O) groups excluding carboxylic acids is 1. The molecule has 0 saturated heterocycles. The van der Waals surface area contributed by atoms with E-state index in [1.54, 1.807) is 0 Å². The van der Waals surface area contributed by atoms with E-state index in [4.69, 9.17) is 13.6 Å². The predicted octanol–water partition coefficient (Wildman–Crippen LogP) is 10.5. The number of esters is 1. The summed E-state index contributed by atoms with van der Waals surface area (Å²) in [7, 11) is -2.77. The van der Waals surface area contributed by atoms with Crippen molar-refractivity contribution in [3.05, 3.63) is 41.5 Å². The van der Waals surface area contributed by atoms with E-state index < -0.39 is 16.6 Å². The molecule has 1 rings (SSSR count). The van der Waals surface area contributed by atoms with Crippen LogP contribution in [0.1, 0.15) is 117 Å². The highest BCUT2D eigenvalue weighted by Crippen LogP contribution is 2.41. The van der Waals surface area contributed by atoms with Crippen LogP contribution in [0, 0.1) is 0 Å². The average molecular weight is 591 g/mol. The zero-order chi connectivity index (χ0) is 30.8. The molecule has 0 bridgehead atoms. The highest BCUT2D eigenvalue weighted by atomic mass is 28.4. The van der Waals surface area contributed by atoms with Gasteiger partial charge in [-0.3, -0.25) is 4.79 Å². The van der Waals surface area contributed by atoms with E-state index in [0.29, 0.717) is 18.8 Å². The lowest BCUT2D eigenvalue weighted by atomic mass is 9.91. The second-order valence-electron chi connectivity index (χ2n) is 14.6. The van der Waals surface area contributed by atoms with Gasteiger partial charge in [0.25, 0.3) is 0 Å². The summed E-state index contributed by atoms with van der Waals surface area (Å²) in [6.45, 7) is 27.5. The van der Waals surface area contributed by atoms with E-state index in [2.05, 4.69) is 118 Å². The molecule has 0 aliphatic heterocycles. The van der Waals surface area contributed by atoms with Crippen molar-refractivity contribution in [2.75, 3.05) is 7.11 Å². The molecule has 0 aliphatic rings. The molecule has 6 heteroatoms. The zero-order valence-electron chi connectivity index (χ0n) is 28.3. The third-order valence-corrected chi connectivity index (χ3v) is 18.2. The van der Waals surface area contributed by atoms with Crippen LogP contribution in [0.5, 0.6) is 0 Å². The number of methoxy groups -OCH3 is 1. The molecule has 3 atom stereocenters. The zero-order valence-corrected chi connectivity index (χ0v) is 30.3. The van der Waals surface area contributed by atoms with Gasteiger partial charge in [-0.15, -0.1) is 0 Å². The molecule has 4 nitrogen and oxygen atoms in total. The second-order valence-corrected chi connectivity index (χ2v) is 24.1. The van der Waals surface area contributed by atoms with Gasteiger partial charge in [-0.2, -0.15) is 0 Å². The average Bonchev–Trinajstić information content (AvgIpc) is 2.84. The molecule has 0 radical (unpaired) electrons. The largest absolute Gasteiger partial charge is 0.469 e. The lowest BCUT2D eigenvalue weighted by molar-refractivity contribution is -0.140. The van der Waals surface area contributed by atoms with Crippen LogP contribution < -0.4 is 0 Å². The molecule has 0 fully saturated rings. The first-order valence-corrected chi connectivity index (χ1v) is 21.4. The van der Waals surface area contributed by atoms with E-state index in [-0.39, 0.29) is 28.3 Å². The number of benzene rings is 1. The highest BCUT2D eigenvalue weighted by molar-refractivity contribution is 6.74. The lowest BCUT2D eigenvalue weighted by Gasteiger charge is -2.44. The van der Waals surface area contributed by atoms with Gasteiger partial charge in [-0.05, 0) is 72.6 Å². The summed E-state index contributed by atoms with van der Waals surface area (Å²) < 4.78 is 19.2. The third kappa shape index (κ3) is 11.6. The lowest BCUT2D eigenvalue weighted by Crippen LogP contribution is -2.51. The smallest absolute Gasteiger partial charge is 0.305 e. The Kier molecular flexibility index (Phi) is 14.6. The van der Waals surface area contributed by atoms with Crippen molar-refractivity contribution in [3.63, 3.8) is 0 Å². The number of hydrogen-bond donors (Lipinski definition) is 0. The van der Waals surface area contributed by atoms with Gasteiger partial charge < -0.3 is 13.6 Å². The summed E-state index contributed by atoms with van der Waals surface area (Å²) in [5.41, 5.74) is 2.66. The summed E-state index contributed by atoms with van der Waals surface area (Å²) in [6.07, 6.45) is 11.0. The first-order chi connectivity index (χ1) is 18.4. The number of carbonyl (C=O) groups is 1. The summed E-state index contributed by atoms with van der Waals surface area (Å²) >= 11 is 0. The van der Waals surface area contributed by atoms with E-state index in [1.165, 1.54) is 43.9 Å². The molecular formula is C34H62O4Si2. The number of unbranched alkanes of at least 4 members (excludes halogenated alkanes) is 2.